The van der Waals surface area contributed by atoms with Crippen LogP contribution in [-0.4, -0.2) is 20.1 Å². The van der Waals surface area contributed by atoms with Gasteiger partial charge in [0.2, 0.25) is 5.78 Å². The number of Topliss-reactive ketones (excluding diaryl/α,β-unsaturated/α-hetero) is 1. The Morgan fingerprint density at radius 3 is 2.84 bits per heavy atom. The van der Waals surface area contributed by atoms with Crippen LogP contribution in [0.4, 0.5) is 0 Å². The number of hydrogen-bond acceptors (Lipinski definition) is 4. The maximum atomic E-state index is 12.0. The number of fused-ring (bicyclic) bond motifs is 1. The minimum absolute atomic E-state index is 0.126. The van der Waals surface area contributed by atoms with Crippen molar-refractivity contribution >= 4 is 16.8 Å². The molecule has 1 aromatic carbocycles. The Labute approximate surface area is 107 Å². The summed E-state index contributed by atoms with van der Waals surface area (Å²) >= 11 is 0. The van der Waals surface area contributed by atoms with Crippen LogP contribution in [-0.2, 0) is 13.6 Å². The molecule has 0 saturated heterocycles. The second-order valence-electron chi connectivity index (χ2n) is 4.25. The summed E-state index contributed by atoms with van der Waals surface area (Å²) in [6, 6.07) is 9.03. The Hall–Kier alpha value is -2.63. The lowest BCUT2D eigenvalue weighted by Crippen LogP contribution is -2.26. The molecule has 96 valence electrons. The molecular formula is C13H11N3O3. The number of nitrogens with zero attached hydrogens (tertiary/aromatic N) is 3. The Bertz CT molecular complexity index is 777. The summed E-state index contributed by atoms with van der Waals surface area (Å²) in [6.07, 6.45) is 1.37. The zero-order chi connectivity index (χ0) is 13.4. The zero-order valence-electron chi connectivity index (χ0n) is 10.2. The van der Waals surface area contributed by atoms with Crippen molar-refractivity contribution in [1.82, 2.24) is 14.3 Å². The predicted molar refractivity (Wildman–Crippen MR) is 68.0 cm³/mol. The van der Waals surface area contributed by atoms with Gasteiger partial charge in [0.1, 0.15) is 18.5 Å². The fraction of sp³-hybridized carbons (Fsp3) is 0.154. The van der Waals surface area contributed by atoms with E-state index in [4.69, 9.17) is 4.42 Å². The van der Waals surface area contributed by atoms with Crippen LogP contribution < -0.4 is 5.69 Å². The van der Waals surface area contributed by atoms with Gasteiger partial charge in [0, 0.05) is 12.4 Å². The summed E-state index contributed by atoms with van der Waals surface area (Å²) in [7, 11) is 1.58. The average Bonchev–Trinajstić information content (AvgIpc) is 2.97. The molecule has 0 aliphatic heterocycles. The number of aromatic nitrogens is 3. The van der Waals surface area contributed by atoms with E-state index in [0.717, 1.165) is 10.1 Å². The molecule has 0 aliphatic carbocycles. The molecule has 0 spiro atoms. The minimum Gasteiger partial charge on any atom is -0.453 e. The Kier molecular flexibility index (Phi) is 2.56. The van der Waals surface area contributed by atoms with Gasteiger partial charge in [-0.25, -0.2) is 9.48 Å². The monoisotopic (exact) mass is 257 g/mol. The third-order valence-corrected chi connectivity index (χ3v) is 2.88. The Morgan fingerprint density at radius 2 is 2.16 bits per heavy atom. The van der Waals surface area contributed by atoms with Gasteiger partial charge in [-0.1, -0.05) is 18.2 Å². The number of rotatable bonds is 3. The summed E-state index contributed by atoms with van der Waals surface area (Å²) in [5.74, 6) is -0.0456. The van der Waals surface area contributed by atoms with E-state index < -0.39 is 0 Å². The number of furan rings is 1. The lowest BCUT2D eigenvalue weighted by Gasteiger charge is -1.95. The molecule has 3 aromatic rings. The number of para-hydroxylation sites is 1. The molecular weight excluding hydrogens is 246 g/mol. The van der Waals surface area contributed by atoms with Gasteiger partial charge in [0.05, 0.1) is 0 Å². The lowest BCUT2D eigenvalue weighted by atomic mass is 10.2. The van der Waals surface area contributed by atoms with E-state index in [2.05, 4.69) is 5.10 Å². The normalized spacial score (nSPS) is 11.0. The molecule has 19 heavy (non-hydrogen) atoms. The summed E-state index contributed by atoms with van der Waals surface area (Å²) in [4.78, 5) is 23.6. The molecule has 0 unspecified atom stereocenters. The Morgan fingerprint density at radius 1 is 1.37 bits per heavy atom. The molecule has 0 bridgehead atoms. The SMILES string of the molecule is Cn1cnn(CC(=O)c2cc3ccccc3o2)c1=O. The largest absolute Gasteiger partial charge is 0.453 e. The molecule has 0 fully saturated rings. The first-order valence-electron chi connectivity index (χ1n) is 5.75. The van der Waals surface area contributed by atoms with Crippen molar-refractivity contribution in [3.05, 3.63) is 52.9 Å². The van der Waals surface area contributed by atoms with Crippen LogP contribution in [0.15, 0.2) is 45.9 Å². The van der Waals surface area contributed by atoms with Crippen LogP contribution in [0.3, 0.4) is 0 Å². The van der Waals surface area contributed by atoms with Crippen LogP contribution in [0.2, 0.25) is 0 Å². The summed E-state index contributed by atoms with van der Waals surface area (Å²) < 4.78 is 7.87. The second-order valence-corrected chi connectivity index (χ2v) is 4.25. The maximum Gasteiger partial charge on any atom is 0.345 e. The van der Waals surface area contributed by atoms with Crippen molar-refractivity contribution in [2.45, 2.75) is 6.54 Å². The summed E-state index contributed by atoms with van der Waals surface area (Å²) in [5, 5.41) is 4.70. The van der Waals surface area contributed by atoms with Crippen LogP contribution >= 0.6 is 0 Å². The third-order valence-electron chi connectivity index (χ3n) is 2.88. The second kappa shape index (κ2) is 4.24. The van der Waals surface area contributed by atoms with E-state index in [1.165, 1.54) is 10.9 Å². The first-order chi connectivity index (χ1) is 9.15. The number of carbonyl (C=O) groups excluding carboxylic acids is 1. The molecule has 0 atom stereocenters. The van der Waals surface area contributed by atoms with E-state index in [1.807, 2.05) is 18.2 Å². The van der Waals surface area contributed by atoms with Crippen molar-refractivity contribution in [2.24, 2.45) is 7.05 Å². The standard InChI is InChI=1S/C13H11N3O3/c1-15-8-14-16(13(15)18)7-10(17)12-6-9-4-2-3-5-11(9)19-12/h2-6,8H,7H2,1H3. The average molecular weight is 257 g/mol. The van der Waals surface area contributed by atoms with Gasteiger partial charge in [0.25, 0.3) is 0 Å². The van der Waals surface area contributed by atoms with Crippen LogP contribution in [0.1, 0.15) is 10.6 Å². The summed E-state index contributed by atoms with van der Waals surface area (Å²) in [6.45, 7) is -0.126. The molecule has 6 nitrogen and oxygen atoms in total. The molecule has 2 heterocycles. The highest BCUT2D eigenvalue weighted by Crippen LogP contribution is 2.19. The number of benzene rings is 1. The quantitative estimate of drug-likeness (QED) is 0.661. The van der Waals surface area contributed by atoms with Crippen molar-refractivity contribution in [3.63, 3.8) is 0 Å². The fourth-order valence-electron chi connectivity index (χ4n) is 1.86. The highest BCUT2D eigenvalue weighted by molar-refractivity contribution is 5.97. The molecule has 0 amide bonds. The molecule has 3 rings (SSSR count). The topological polar surface area (TPSA) is 70.0 Å². The van der Waals surface area contributed by atoms with E-state index >= 15 is 0 Å². The summed E-state index contributed by atoms with van der Waals surface area (Å²) in [5.41, 5.74) is 0.323. The number of ketones is 1. The Balaban J connectivity index is 1.92. The molecule has 6 heteroatoms. The van der Waals surface area contributed by atoms with Crippen molar-refractivity contribution < 1.29 is 9.21 Å². The molecule has 0 saturated carbocycles. The van der Waals surface area contributed by atoms with Crippen molar-refractivity contribution in [2.75, 3.05) is 0 Å². The zero-order valence-corrected chi connectivity index (χ0v) is 10.2. The van der Waals surface area contributed by atoms with Gasteiger partial charge < -0.3 is 4.42 Å². The fourth-order valence-corrected chi connectivity index (χ4v) is 1.86. The first kappa shape index (κ1) is 11.5. The van der Waals surface area contributed by atoms with Gasteiger partial charge >= 0.3 is 5.69 Å². The molecule has 0 radical (unpaired) electrons. The van der Waals surface area contributed by atoms with Gasteiger partial charge in [-0.3, -0.25) is 9.36 Å². The van der Waals surface area contributed by atoms with Crippen LogP contribution in [0.5, 0.6) is 0 Å². The molecule has 2 aromatic heterocycles. The highest BCUT2D eigenvalue weighted by Gasteiger charge is 2.14. The first-order valence-corrected chi connectivity index (χ1v) is 5.75. The predicted octanol–water partition coefficient (Wildman–Crippen LogP) is 1.21. The van der Waals surface area contributed by atoms with E-state index in [0.29, 0.717) is 5.58 Å². The maximum absolute atomic E-state index is 12.0. The van der Waals surface area contributed by atoms with E-state index in [1.54, 1.807) is 19.2 Å². The van der Waals surface area contributed by atoms with Crippen LogP contribution in [0, 0.1) is 0 Å². The lowest BCUT2D eigenvalue weighted by molar-refractivity contribution is 0.0941. The van der Waals surface area contributed by atoms with E-state index in [9.17, 15) is 9.59 Å². The van der Waals surface area contributed by atoms with Gasteiger partial charge in [-0.2, -0.15) is 5.10 Å². The van der Waals surface area contributed by atoms with Crippen molar-refractivity contribution in [1.29, 1.82) is 0 Å². The smallest absolute Gasteiger partial charge is 0.345 e. The third kappa shape index (κ3) is 1.97. The van der Waals surface area contributed by atoms with Gasteiger partial charge in [-0.15, -0.1) is 0 Å². The van der Waals surface area contributed by atoms with Crippen LogP contribution in [0.25, 0.3) is 11.0 Å². The molecule has 0 aliphatic rings. The minimum atomic E-state index is -0.329. The molecule has 0 N–H and O–H groups in total. The van der Waals surface area contributed by atoms with E-state index in [-0.39, 0.29) is 23.8 Å². The van der Waals surface area contributed by atoms with Gasteiger partial charge in [-0.05, 0) is 12.1 Å². The highest BCUT2D eigenvalue weighted by atomic mass is 16.3. The van der Waals surface area contributed by atoms with Crippen molar-refractivity contribution in [3.8, 4) is 0 Å². The van der Waals surface area contributed by atoms with Gasteiger partial charge in [0.15, 0.2) is 5.76 Å². The number of carbonyl (C=O) groups is 1. The number of hydrogen-bond donors (Lipinski definition) is 0. The number of aryl methyl sites for hydroxylation is 1.